The molecule has 8 heteroatoms. The smallest absolute Gasteiger partial charge is 0.339 e. The minimum atomic E-state index is -0.759. The van der Waals surface area contributed by atoms with Crippen molar-refractivity contribution in [1.29, 1.82) is 0 Å². The molecule has 0 aliphatic heterocycles. The van der Waals surface area contributed by atoms with Crippen LogP contribution >= 0.6 is 11.6 Å². The molecule has 0 fully saturated rings. The number of hydrogen-bond donors (Lipinski definition) is 0. The standard InChI is InChI=1S/C16H12ClNO6/c17-14-10-12(18(21)22)6-7-13(14)16(20)24-9-8-23-15(19)11-4-2-1-3-5-11/h1-7,10H,8-9H2. The first-order valence-corrected chi connectivity index (χ1v) is 7.20. The maximum atomic E-state index is 11.8. The Bertz CT molecular complexity index is 762. The zero-order valence-corrected chi connectivity index (χ0v) is 13.1. The van der Waals surface area contributed by atoms with Crippen LogP contribution in [0.4, 0.5) is 5.69 Å². The summed E-state index contributed by atoms with van der Waals surface area (Å²) in [7, 11) is 0. The average molecular weight is 350 g/mol. The van der Waals surface area contributed by atoms with Gasteiger partial charge in [0.25, 0.3) is 5.69 Å². The van der Waals surface area contributed by atoms with Gasteiger partial charge in [0.2, 0.25) is 0 Å². The Kier molecular flexibility index (Phi) is 5.86. The van der Waals surface area contributed by atoms with Gasteiger partial charge < -0.3 is 9.47 Å². The van der Waals surface area contributed by atoms with Crippen LogP contribution < -0.4 is 0 Å². The number of benzene rings is 2. The van der Waals surface area contributed by atoms with Crippen molar-refractivity contribution in [3.05, 3.63) is 74.8 Å². The van der Waals surface area contributed by atoms with Gasteiger partial charge in [-0.1, -0.05) is 29.8 Å². The summed E-state index contributed by atoms with van der Waals surface area (Å²) in [5.74, 6) is -1.29. The summed E-state index contributed by atoms with van der Waals surface area (Å²) in [5, 5.41) is 10.5. The zero-order valence-electron chi connectivity index (χ0n) is 12.3. The molecular formula is C16H12ClNO6. The third kappa shape index (κ3) is 4.53. The first-order chi connectivity index (χ1) is 11.5. The molecule has 0 N–H and O–H groups in total. The van der Waals surface area contributed by atoms with E-state index in [0.29, 0.717) is 5.56 Å². The van der Waals surface area contributed by atoms with Crippen LogP contribution in [0.15, 0.2) is 48.5 Å². The number of nitro benzene ring substituents is 1. The van der Waals surface area contributed by atoms with E-state index in [4.69, 9.17) is 21.1 Å². The van der Waals surface area contributed by atoms with Crippen LogP contribution in [-0.4, -0.2) is 30.1 Å². The molecule has 7 nitrogen and oxygen atoms in total. The van der Waals surface area contributed by atoms with Gasteiger partial charge in [-0.2, -0.15) is 0 Å². The van der Waals surface area contributed by atoms with Crippen molar-refractivity contribution in [2.24, 2.45) is 0 Å². The first-order valence-electron chi connectivity index (χ1n) is 6.82. The van der Waals surface area contributed by atoms with Crippen LogP contribution in [0.5, 0.6) is 0 Å². The lowest BCUT2D eigenvalue weighted by atomic mass is 10.2. The molecule has 24 heavy (non-hydrogen) atoms. The summed E-state index contributed by atoms with van der Waals surface area (Å²) < 4.78 is 9.88. The van der Waals surface area contributed by atoms with Gasteiger partial charge in [0, 0.05) is 12.1 Å². The summed E-state index contributed by atoms with van der Waals surface area (Å²) in [6.07, 6.45) is 0. The molecule has 0 amide bonds. The minimum Gasteiger partial charge on any atom is -0.458 e. The average Bonchev–Trinajstić information content (AvgIpc) is 2.58. The number of carbonyl (C=O) groups is 2. The van der Waals surface area contributed by atoms with E-state index in [1.165, 1.54) is 6.07 Å². The van der Waals surface area contributed by atoms with Gasteiger partial charge in [0.05, 0.1) is 21.1 Å². The second kappa shape index (κ2) is 8.07. The molecule has 0 aliphatic carbocycles. The van der Waals surface area contributed by atoms with Crippen molar-refractivity contribution in [3.63, 3.8) is 0 Å². The second-order valence-corrected chi connectivity index (χ2v) is 4.97. The van der Waals surface area contributed by atoms with E-state index in [1.807, 2.05) is 0 Å². The molecule has 0 saturated carbocycles. The molecule has 124 valence electrons. The number of ether oxygens (including phenoxy) is 2. The van der Waals surface area contributed by atoms with Crippen molar-refractivity contribution in [2.75, 3.05) is 13.2 Å². The highest BCUT2D eigenvalue weighted by Crippen LogP contribution is 2.23. The summed E-state index contributed by atoms with van der Waals surface area (Å²) in [4.78, 5) is 33.5. The van der Waals surface area contributed by atoms with E-state index < -0.39 is 16.9 Å². The van der Waals surface area contributed by atoms with Crippen molar-refractivity contribution < 1.29 is 24.0 Å². The number of rotatable bonds is 6. The minimum absolute atomic E-state index is 0.00310. The Morgan fingerprint density at radius 1 is 1.00 bits per heavy atom. The van der Waals surface area contributed by atoms with E-state index in [2.05, 4.69) is 0 Å². The molecule has 0 atom stereocenters. The fraction of sp³-hybridized carbons (Fsp3) is 0.125. The highest BCUT2D eigenvalue weighted by Gasteiger charge is 2.16. The molecule has 0 saturated heterocycles. The predicted octanol–water partition coefficient (Wildman–Crippen LogP) is 3.26. The van der Waals surface area contributed by atoms with Crippen LogP contribution in [0, 0.1) is 10.1 Å². The quantitative estimate of drug-likeness (QED) is 0.344. The van der Waals surface area contributed by atoms with E-state index in [0.717, 1.165) is 12.1 Å². The normalized spacial score (nSPS) is 10.0. The van der Waals surface area contributed by atoms with Crippen molar-refractivity contribution in [3.8, 4) is 0 Å². The Morgan fingerprint density at radius 3 is 2.21 bits per heavy atom. The lowest BCUT2D eigenvalue weighted by Crippen LogP contribution is -2.14. The van der Waals surface area contributed by atoms with E-state index in [1.54, 1.807) is 30.3 Å². The van der Waals surface area contributed by atoms with Gasteiger partial charge in [0.15, 0.2) is 0 Å². The van der Waals surface area contributed by atoms with Crippen LogP contribution in [0.2, 0.25) is 5.02 Å². The van der Waals surface area contributed by atoms with Gasteiger partial charge in [-0.15, -0.1) is 0 Å². The summed E-state index contributed by atoms with van der Waals surface area (Å²) in [5.41, 5.74) is 0.159. The monoisotopic (exact) mass is 349 g/mol. The molecule has 0 unspecified atom stereocenters. The number of hydrogen-bond acceptors (Lipinski definition) is 6. The van der Waals surface area contributed by atoms with Crippen LogP contribution in [0.25, 0.3) is 0 Å². The molecule has 2 aromatic carbocycles. The van der Waals surface area contributed by atoms with Crippen LogP contribution in [-0.2, 0) is 9.47 Å². The maximum absolute atomic E-state index is 11.8. The molecule has 2 aromatic rings. The second-order valence-electron chi connectivity index (χ2n) is 4.56. The molecule has 2 rings (SSSR count). The number of esters is 2. The zero-order chi connectivity index (χ0) is 17.5. The van der Waals surface area contributed by atoms with Crippen LogP contribution in [0.3, 0.4) is 0 Å². The van der Waals surface area contributed by atoms with Gasteiger partial charge in [-0.3, -0.25) is 10.1 Å². The molecule has 0 radical (unpaired) electrons. The number of carbonyl (C=O) groups excluding carboxylic acids is 2. The molecular weight excluding hydrogens is 338 g/mol. The summed E-state index contributed by atoms with van der Waals surface area (Å²) >= 11 is 5.82. The summed E-state index contributed by atoms with van der Waals surface area (Å²) in [6, 6.07) is 11.8. The third-order valence-corrected chi connectivity index (χ3v) is 3.26. The maximum Gasteiger partial charge on any atom is 0.339 e. The highest BCUT2D eigenvalue weighted by molar-refractivity contribution is 6.33. The number of non-ortho nitro benzene ring substituents is 1. The lowest BCUT2D eigenvalue weighted by molar-refractivity contribution is -0.384. The van der Waals surface area contributed by atoms with E-state index in [-0.39, 0.29) is 29.5 Å². The van der Waals surface area contributed by atoms with Gasteiger partial charge in [-0.25, -0.2) is 9.59 Å². The van der Waals surface area contributed by atoms with Crippen molar-refractivity contribution in [2.45, 2.75) is 0 Å². The molecule has 0 aliphatic rings. The first kappa shape index (κ1) is 17.4. The molecule has 0 heterocycles. The number of nitrogens with zero attached hydrogens (tertiary/aromatic N) is 1. The van der Waals surface area contributed by atoms with E-state index in [9.17, 15) is 19.7 Å². The molecule has 0 bridgehead atoms. The molecule has 0 aromatic heterocycles. The Hall–Kier alpha value is -2.93. The lowest BCUT2D eigenvalue weighted by Gasteiger charge is -2.07. The number of nitro groups is 1. The SMILES string of the molecule is O=C(OCCOC(=O)c1ccc([N+](=O)[O-])cc1Cl)c1ccccc1. The number of halogens is 1. The van der Waals surface area contributed by atoms with Gasteiger partial charge in [0.1, 0.15) is 13.2 Å². The van der Waals surface area contributed by atoms with Crippen molar-refractivity contribution >= 4 is 29.2 Å². The van der Waals surface area contributed by atoms with Crippen molar-refractivity contribution in [1.82, 2.24) is 0 Å². The predicted molar refractivity (Wildman–Crippen MR) is 85.1 cm³/mol. The third-order valence-electron chi connectivity index (χ3n) is 2.94. The Morgan fingerprint density at radius 2 is 1.62 bits per heavy atom. The van der Waals surface area contributed by atoms with Gasteiger partial charge in [-0.05, 0) is 18.2 Å². The largest absolute Gasteiger partial charge is 0.458 e. The van der Waals surface area contributed by atoms with Gasteiger partial charge >= 0.3 is 11.9 Å². The molecule has 0 spiro atoms. The summed E-state index contributed by atoms with van der Waals surface area (Å²) in [6.45, 7) is -0.283. The Balaban J connectivity index is 1.83. The highest BCUT2D eigenvalue weighted by atomic mass is 35.5. The van der Waals surface area contributed by atoms with E-state index >= 15 is 0 Å². The topological polar surface area (TPSA) is 95.7 Å². The fourth-order valence-corrected chi connectivity index (χ4v) is 2.04. The fourth-order valence-electron chi connectivity index (χ4n) is 1.79. The van der Waals surface area contributed by atoms with Crippen LogP contribution in [0.1, 0.15) is 20.7 Å². The Labute approximate surface area is 141 Å².